The molecular weight excluding hydrogens is 250 g/mol. The first kappa shape index (κ1) is 13.8. The third-order valence-electron chi connectivity index (χ3n) is 4.56. The molecule has 0 amide bonds. The molecule has 110 valence electrons. The van der Waals surface area contributed by atoms with E-state index in [4.69, 9.17) is 15.5 Å². The minimum atomic E-state index is 0.577. The third-order valence-corrected chi connectivity index (χ3v) is 4.56. The lowest BCUT2D eigenvalue weighted by molar-refractivity contribution is 0.0685. The predicted molar refractivity (Wildman–Crippen MR) is 81.0 cm³/mol. The third kappa shape index (κ3) is 2.81. The first-order chi connectivity index (χ1) is 9.78. The fourth-order valence-electron chi connectivity index (χ4n) is 3.39. The van der Waals surface area contributed by atoms with Gasteiger partial charge < -0.3 is 15.4 Å². The molecule has 0 saturated carbocycles. The van der Waals surface area contributed by atoms with Crippen LogP contribution >= 0.6 is 0 Å². The van der Waals surface area contributed by atoms with Crippen molar-refractivity contribution in [2.24, 2.45) is 11.7 Å². The minimum Gasteiger partial charge on any atom is -0.381 e. The molecule has 20 heavy (non-hydrogen) atoms. The van der Waals surface area contributed by atoms with Crippen LogP contribution in [0.5, 0.6) is 0 Å². The molecule has 1 aromatic rings. The molecular formula is C16H25N3O. The zero-order valence-corrected chi connectivity index (χ0v) is 12.4. The fourth-order valence-corrected chi connectivity index (χ4v) is 3.39. The molecule has 2 aliphatic rings. The van der Waals surface area contributed by atoms with Gasteiger partial charge in [-0.15, -0.1) is 0 Å². The van der Waals surface area contributed by atoms with Gasteiger partial charge in [0.15, 0.2) is 0 Å². The summed E-state index contributed by atoms with van der Waals surface area (Å²) < 4.78 is 5.44. The largest absolute Gasteiger partial charge is 0.381 e. The zero-order valence-electron chi connectivity index (χ0n) is 12.4. The van der Waals surface area contributed by atoms with Gasteiger partial charge in [0, 0.05) is 44.6 Å². The van der Waals surface area contributed by atoms with E-state index >= 15 is 0 Å². The van der Waals surface area contributed by atoms with Crippen LogP contribution in [0.2, 0.25) is 0 Å². The van der Waals surface area contributed by atoms with Crippen LogP contribution in [-0.2, 0) is 24.1 Å². The van der Waals surface area contributed by atoms with Gasteiger partial charge in [-0.1, -0.05) is 0 Å². The molecule has 1 aliphatic heterocycles. The smallest absolute Gasteiger partial charge is 0.133 e. The molecule has 4 nitrogen and oxygen atoms in total. The van der Waals surface area contributed by atoms with Crippen LogP contribution in [0, 0.1) is 5.92 Å². The van der Waals surface area contributed by atoms with Crippen molar-refractivity contribution < 1.29 is 4.74 Å². The van der Waals surface area contributed by atoms with Crippen molar-refractivity contribution in [2.45, 2.75) is 38.6 Å². The molecule has 1 aliphatic carbocycles. The molecule has 1 aromatic heterocycles. The van der Waals surface area contributed by atoms with E-state index in [9.17, 15) is 0 Å². The summed E-state index contributed by atoms with van der Waals surface area (Å²) in [6.07, 6.45) is 5.84. The molecule has 0 unspecified atom stereocenters. The quantitative estimate of drug-likeness (QED) is 0.911. The topological polar surface area (TPSA) is 51.4 Å². The second-order valence-corrected chi connectivity index (χ2v) is 6.07. The lowest BCUT2D eigenvalue weighted by Gasteiger charge is -2.29. The molecule has 0 atom stereocenters. The summed E-state index contributed by atoms with van der Waals surface area (Å²) in [5.74, 6) is 1.81. The van der Waals surface area contributed by atoms with Crippen molar-refractivity contribution in [1.82, 2.24) is 4.98 Å². The molecule has 0 spiro atoms. The van der Waals surface area contributed by atoms with E-state index in [-0.39, 0.29) is 0 Å². The van der Waals surface area contributed by atoms with Gasteiger partial charge in [-0.2, -0.15) is 0 Å². The van der Waals surface area contributed by atoms with Gasteiger partial charge >= 0.3 is 0 Å². The van der Waals surface area contributed by atoms with Crippen molar-refractivity contribution >= 4 is 5.82 Å². The maximum absolute atomic E-state index is 5.93. The summed E-state index contributed by atoms with van der Waals surface area (Å²) >= 11 is 0. The summed E-state index contributed by atoms with van der Waals surface area (Å²) in [7, 11) is 2.15. The van der Waals surface area contributed by atoms with E-state index in [2.05, 4.69) is 18.0 Å². The van der Waals surface area contributed by atoms with Crippen molar-refractivity contribution in [3.8, 4) is 0 Å². The lowest BCUT2D eigenvalue weighted by atomic mass is 9.99. The first-order valence-corrected chi connectivity index (χ1v) is 7.78. The maximum atomic E-state index is 5.93. The number of hydrogen-bond acceptors (Lipinski definition) is 4. The van der Waals surface area contributed by atoms with E-state index < -0.39 is 0 Å². The number of anilines is 1. The van der Waals surface area contributed by atoms with E-state index in [1.54, 1.807) is 0 Å². The monoisotopic (exact) mass is 275 g/mol. The molecule has 2 N–H and O–H groups in total. The molecule has 4 heteroatoms. The molecule has 2 heterocycles. The SMILES string of the molecule is CN(CC1CCOCC1)c1nc2c(cc1CN)CCC2. The van der Waals surface area contributed by atoms with Crippen LogP contribution < -0.4 is 10.6 Å². The van der Waals surface area contributed by atoms with Gasteiger partial charge in [-0.25, -0.2) is 4.98 Å². The van der Waals surface area contributed by atoms with Crippen LogP contribution in [0.25, 0.3) is 0 Å². The Bertz CT molecular complexity index is 469. The molecule has 3 rings (SSSR count). The second kappa shape index (κ2) is 6.10. The molecule has 0 aromatic carbocycles. The lowest BCUT2D eigenvalue weighted by Crippen LogP contribution is -2.31. The Morgan fingerprint density at radius 3 is 2.90 bits per heavy atom. The van der Waals surface area contributed by atoms with E-state index in [0.29, 0.717) is 6.54 Å². The Kier molecular flexibility index (Phi) is 4.22. The number of rotatable bonds is 4. The number of aromatic nitrogens is 1. The highest BCUT2D eigenvalue weighted by Crippen LogP contribution is 2.28. The number of nitrogens with zero attached hydrogens (tertiary/aromatic N) is 2. The van der Waals surface area contributed by atoms with Crippen molar-refractivity contribution in [1.29, 1.82) is 0 Å². The summed E-state index contributed by atoms with van der Waals surface area (Å²) in [4.78, 5) is 7.21. The highest BCUT2D eigenvalue weighted by atomic mass is 16.5. The normalized spacial score (nSPS) is 19.1. The number of fused-ring (bicyclic) bond motifs is 1. The van der Waals surface area contributed by atoms with Crippen molar-refractivity contribution in [3.05, 3.63) is 22.9 Å². The molecule has 0 bridgehead atoms. The summed E-state index contributed by atoms with van der Waals surface area (Å²) in [6, 6.07) is 2.28. The Hall–Kier alpha value is -1.13. The van der Waals surface area contributed by atoms with Crippen LogP contribution in [0.3, 0.4) is 0 Å². The van der Waals surface area contributed by atoms with Crippen LogP contribution in [-0.4, -0.2) is 31.8 Å². The molecule has 0 radical (unpaired) electrons. The van der Waals surface area contributed by atoms with Gasteiger partial charge in [-0.3, -0.25) is 0 Å². The molecule has 1 saturated heterocycles. The average Bonchev–Trinajstić information content (AvgIpc) is 2.94. The van der Waals surface area contributed by atoms with Gasteiger partial charge in [0.2, 0.25) is 0 Å². The van der Waals surface area contributed by atoms with E-state index in [0.717, 1.165) is 50.8 Å². The fraction of sp³-hybridized carbons (Fsp3) is 0.688. The van der Waals surface area contributed by atoms with Crippen LogP contribution in [0.1, 0.15) is 36.1 Å². The zero-order chi connectivity index (χ0) is 13.9. The first-order valence-electron chi connectivity index (χ1n) is 7.78. The Morgan fingerprint density at radius 1 is 1.35 bits per heavy atom. The highest BCUT2D eigenvalue weighted by Gasteiger charge is 2.21. The predicted octanol–water partition coefficient (Wildman–Crippen LogP) is 1.89. The number of ether oxygens (including phenoxy) is 1. The van der Waals surface area contributed by atoms with Crippen molar-refractivity contribution in [3.63, 3.8) is 0 Å². The second-order valence-electron chi connectivity index (χ2n) is 6.07. The summed E-state index contributed by atoms with van der Waals surface area (Å²) in [5.41, 5.74) is 9.82. The summed E-state index contributed by atoms with van der Waals surface area (Å²) in [6.45, 7) is 3.44. The van der Waals surface area contributed by atoms with E-state index in [1.165, 1.54) is 29.7 Å². The van der Waals surface area contributed by atoms with Crippen molar-refractivity contribution in [2.75, 3.05) is 31.7 Å². The maximum Gasteiger partial charge on any atom is 0.133 e. The summed E-state index contributed by atoms with van der Waals surface area (Å²) in [5, 5.41) is 0. The van der Waals surface area contributed by atoms with Gasteiger partial charge in [0.1, 0.15) is 5.82 Å². The number of aryl methyl sites for hydroxylation is 2. The van der Waals surface area contributed by atoms with Crippen LogP contribution in [0.4, 0.5) is 5.82 Å². The van der Waals surface area contributed by atoms with Gasteiger partial charge in [-0.05, 0) is 49.7 Å². The Morgan fingerprint density at radius 2 is 2.15 bits per heavy atom. The van der Waals surface area contributed by atoms with Gasteiger partial charge in [0.25, 0.3) is 0 Å². The van der Waals surface area contributed by atoms with Gasteiger partial charge in [0.05, 0.1) is 0 Å². The number of nitrogens with two attached hydrogens (primary N) is 1. The van der Waals surface area contributed by atoms with Crippen LogP contribution in [0.15, 0.2) is 6.07 Å². The average molecular weight is 275 g/mol. The molecule has 1 fully saturated rings. The Balaban J connectivity index is 1.77. The Labute approximate surface area is 121 Å². The standard InChI is InChI=1S/C16H25N3O/c1-19(11-12-5-7-20-8-6-12)16-14(10-17)9-13-3-2-4-15(13)18-16/h9,12H,2-8,10-11,17H2,1H3. The highest BCUT2D eigenvalue weighted by molar-refractivity contribution is 5.50. The van der Waals surface area contributed by atoms with E-state index in [1.807, 2.05) is 0 Å². The number of pyridine rings is 1. The number of hydrogen-bond donors (Lipinski definition) is 1. The minimum absolute atomic E-state index is 0.577.